The molecule has 1 aromatic heterocycles. The maximum absolute atomic E-state index is 12.4. The van der Waals surface area contributed by atoms with E-state index in [9.17, 15) is 14.7 Å². The maximum Gasteiger partial charge on any atom is 0.291 e. The molecule has 3 rings (SSSR count). The molecule has 8 nitrogen and oxygen atoms in total. The van der Waals surface area contributed by atoms with E-state index >= 15 is 0 Å². The molecule has 2 amide bonds. The standard InChI is InChI=1S/C20H17N3O5/c1-27-16-9-4-6-13(18(16)24)12-21-23-19(25)14-7-2-3-8-15(14)22-20(26)17-10-5-11-28-17/h2-12,24H,1H3,(H,22,26)(H,23,25)/b21-12+. The Labute approximate surface area is 160 Å². The Hall–Kier alpha value is -4.07. The van der Waals surface area contributed by atoms with Crippen LogP contribution >= 0.6 is 0 Å². The molecule has 0 fully saturated rings. The van der Waals surface area contributed by atoms with Gasteiger partial charge in [-0.25, -0.2) is 5.43 Å². The number of carbonyl (C=O) groups excluding carboxylic acids is 2. The molecular weight excluding hydrogens is 362 g/mol. The lowest BCUT2D eigenvalue weighted by atomic mass is 10.1. The van der Waals surface area contributed by atoms with Crippen LogP contribution in [0.25, 0.3) is 0 Å². The Morgan fingerprint density at radius 1 is 1.07 bits per heavy atom. The Morgan fingerprint density at radius 3 is 2.64 bits per heavy atom. The SMILES string of the molecule is COc1cccc(/C=N/NC(=O)c2ccccc2NC(=O)c2ccco2)c1O. The zero-order chi connectivity index (χ0) is 19.9. The lowest BCUT2D eigenvalue weighted by molar-refractivity contribution is 0.0956. The van der Waals surface area contributed by atoms with Gasteiger partial charge in [-0.1, -0.05) is 18.2 Å². The number of phenols is 1. The first-order valence-corrected chi connectivity index (χ1v) is 8.23. The molecular formula is C20H17N3O5. The first-order valence-electron chi connectivity index (χ1n) is 8.23. The topological polar surface area (TPSA) is 113 Å². The van der Waals surface area contributed by atoms with E-state index in [1.54, 1.807) is 48.5 Å². The smallest absolute Gasteiger partial charge is 0.291 e. The van der Waals surface area contributed by atoms with Gasteiger partial charge in [0.2, 0.25) is 0 Å². The number of anilines is 1. The molecule has 0 spiro atoms. The molecule has 0 radical (unpaired) electrons. The fraction of sp³-hybridized carbons (Fsp3) is 0.0500. The predicted molar refractivity (Wildman–Crippen MR) is 103 cm³/mol. The third-order valence-corrected chi connectivity index (χ3v) is 3.78. The summed E-state index contributed by atoms with van der Waals surface area (Å²) in [7, 11) is 1.44. The summed E-state index contributed by atoms with van der Waals surface area (Å²) in [6.45, 7) is 0. The molecule has 0 bridgehead atoms. The van der Waals surface area contributed by atoms with Crippen molar-refractivity contribution < 1.29 is 23.8 Å². The van der Waals surface area contributed by atoms with E-state index in [-0.39, 0.29) is 17.1 Å². The van der Waals surface area contributed by atoms with Crippen LogP contribution in [0.2, 0.25) is 0 Å². The number of phenolic OH excluding ortho intramolecular Hbond substituents is 1. The van der Waals surface area contributed by atoms with E-state index in [0.29, 0.717) is 17.0 Å². The molecule has 1 heterocycles. The number of aromatic hydroxyl groups is 1. The molecule has 142 valence electrons. The van der Waals surface area contributed by atoms with Crippen LogP contribution in [0.1, 0.15) is 26.5 Å². The molecule has 3 aromatic rings. The third-order valence-electron chi connectivity index (χ3n) is 3.78. The maximum atomic E-state index is 12.4. The highest BCUT2D eigenvalue weighted by atomic mass is 16.5. The van der Waals surface area contributed by atoms with Crippen molar-refractivity contribution in [2.45, 2.75) is 0 Å². The largest absolute Gasteiger partial charge is 0.504 e. The molecule has 28 heavy (non-hydrogen) atoms. The summed E-state index contributed by atoms with van der Waals surface area (Å²) in [5, 5.41) is 16.5. The Balaban J connectivity index is 1.72. The highest BCUT2D eigenvalue weighted by molar-refractivity contribution is 6.08. The summed E-state index contributed by atoms with van der Waals surface area (Å²) in [6, 6.07) is 14.5. The number of carbonyl (C=O) groups is 2. The molecule has 0 atom stereocenters. The Kier molecular flexibility index (Phi) is 5.71. The summed E-state index contributed by atoms with van der Waals surface area (Å²) in [5.41, 5.74) is 3.26. The van der Waals surface area contributed by atoms with Crippen molar-refractivity contribution in [3.8, 4) is 11.5 Å². The van der Waals surface area contributed by atoms with Crippen LogP contribution in [0, 0.1) is 0 Å². The number of methoxy groups -OCH3 is 1. The second kappa shape index (κ2) is 8.54. The fourth-order valence-electron chi connectivity index (χ4n) is 2.41. The first kappa shape index (κ1) is 18.7. The van der Waals surface area contributed by atoms with Crippen molar-refractivity contribution in [3.05, 3.63) is 77.7 Å². The summed E-state index contributed by atoms with van der Waals surface area (Å²) in [6.07, 6.45) is 2.68. The van der Waals surface area contributed by atoms with Crippen molar-refractivity contribution in [1.82, 2.24) is 5.43 Å². The number of para-hydroxylation sites is 2. The van der Waals surface area contributed by atoms with Gasteiger partial charge in [0.1, 0.15) is 0 Å². The monoisotopic (exact) mass is 379 g/mol. The lowest BCUT2D eigenvalue weighted by Gasteiger charge is -2.09. The molecule has 0 aliphatic heterocycles. The van der Waals surface area contributed by atoms with Gasteiger partial charge in [-0.2, -0.15) is 5.10 Å². The zero-order valence-electron chi connectivity index (χ0n) is 14.9. The van der Waals surface area contributed by atoms with Crippen molar-refractivity contribution in [3.63, 3.8) is 0 Å². The van der Waals surface area contributed by atoms with Gasteiger partial charge in [-0.3, -0.25) is 9.59 Å². The molecule has 0 saturated carbocycles. The van der Waals surface area contributed by atoms with Crippen LogP contribution < -0.4 is 15.5 Å². The van der Waals surface area contributed by atoms with Gasteiger partial charge in [0, 0.05) is 5.56 Å². The van der Waals surface area contributed by atoms with Crippen molar-refractivity contribution in [2.75, 3.05) is 12.4 Å². The average Bonchev–Trinajstić information content (AvgIpc) is 3.24. The number of ether oxygens (including phenoxy) is 1. The Bertz CT molecular complexity index is 1010. The van der Waals surface area contributed by atoms with Crippen LogP contribution in [0.5, 0.6) is 11.5 Å². The molecule has 2 aromatic carbocycles. The van der Waals surface area contributed by atoms with Gasteiger partial charge in [0.25, 0.3) is 11.8 Å². The molecule has 0 saturated heterocycles. The van der Waals surface area contributed by atoms with Gasteiger partial charge in [-0.05, 0) is 36.4 Å². The number of hydrogen-bond acceptors (Lipinski definition) is 6. The molecule has 3 N–H and O–H groups in total. The quantitative estimate of drug-likeness (QED) is 0.450. The van der Waals surface area contributed by atoms with E-state index in [1.807, 2.05) is 0 Å². The predicted octanol–water partition coefficient (Wildman–Crippen LogP) is 3.01. The third kappa shape index (κ3) is 4.18. The second-order valence-corrected chi connectivity index (χ2v) is 5.57. The van der Waals surface area contributed by atoms with E-state index in [1.165, 1.54) is 25.7 Å². The van der Waals surface area contributed by atoms with Gasteiger partial charge >= 0.3 is 0 Å². The minimum Gasteiger partial charge on any atom is -0.504 e. The summed E-state index contributed by atoms with van der Waals surface area (Å²) >= 11 is 0. The van der Waals surface area contributed by atoms with Crippen LogP contribution in [0.4, 0.5) is 5.69 Å². The van der Waals surface area contributed by atoms with E-state index in [0.717, 1.165) is 0 Å². The summed E-state index contributed by atoms with van der Waals surface area (Å²) < 4.78 is 10.1. The number of amides is 2. The van der Waals surface area contributed by atoms with Crippen molar-refractivity contribution in [1.29, 1.82) is 0 Å². The number of hydrogen-bond donors (Lipinski definition) is 3. The highest BCUT2D eigenvalue weighted by Crippen LogP contribution is 2.27. The lowest BCUT2D eigenvalue weighted by Crippen LogP contribution is -2.21. The number of nitrogens with one attached hydrogen (secondary N) is 2. The number of benzene rings is 2. The van der Waals surface area contributed by atoms with Crippen LogP contribution in [0.3, 0.4) is 0 Å². The first-order chi connectivity index (χ1) is 13.6. The molecule has 8 heteroatoms. The normalized spacial score (nSPS) is 10.6. The molecule has 0 unspecified atom stereocenters. The second-order valence-electron chi connectivity index (χ2n) is 5.57. The van der Waals surface area contributed by atoms with Gasteiger partial charge in [-0.15, -0.1) is 0 Å². The van der Waals surface area contributed by atoms with Crippen molar-refractivity contribution in [2.24, 2.45) is 5.10 Å². The van der Waals surface area contributed by atoms with E-state index in [4.69, 9.17) is 9.15 Å². The minimum atomic E-state index is -0.533. The summed E-state index contributed by atoms with van der Waals surface area (Å²) in [5.74, 6) is -0.680. The highest BCUT2D eigenvalue weighted by Gasteiger charge is 2.15. The van der Waals surface area contributed by atoms with Crippen LogP contribution in [-0.4, -0.2) is 30.2 Å². The van der Waals surface area contributed by atoms with Gasteiger partial charge < -0.3 is 19.6 Å². The van der Waals surface area contributed by atoms with E-state index in [2.05, 4.69) is 15.8 Å². The number of rotatable bonds is 6. The number of nitrogens with zero attached hydrogens (tertiary/aromatic N) is 1. The van der Waals surface area contributed by atoms with Crippen LogP contribution in [0.15, 0.2) is 70.4 Å². The molecule has 0 aliphatic carbocycles. The number of hydrazone groups is 1. The van der Waals surface area contributed by atoms with Gasteiger partial charge in [0.05, 0.1) is 30.8 Å². The molecule has 0 aliphatic rings. The van der Waals surface area contributed by atoms with Crippen LogP contribution in [-0.2, 0) is 0 Å². The minimum absolute atomic E-state index is 0.0888. The van der Waals surface area contributed by atoms with Crippen molar-refractivity contribution >= 4 is 23.7 Å². The van der Waals surface area contributed by atoms with E-state index < -0.39 is 11.8 Å². The zero-order valence-corrected chi connectivity index (χ0v) is 14.9. The van der Waals surface area contributed by atoms with Gasteiger partial charge in [0.15, 0.2) is 17.3 Å². The number of furan rings is 1. The summed E-state index contributed by atoms with van der Waals surface area (Å²) in [4.78, 5) is 24.6. The Morgan fingerprint density at radius 2 is 1.89 bits per heavy atom. The fourth-order valence-corrected chi connectivity index (χ4v) is 2.41. The average molecular weight is 379 g/mol.